The van der Waals surface area contributed by atoms with Crippen LogP contribution in [0.1, 0.15) is 10.4 Å². The van der Waals surface area contributed by atoms with Gasteiger partial charge in [0.2, 0.25) is 0 Å². The molecular weight excluding hydrogens is 286 g/mol. The Labute approximate surface area is 116 Å². The zero-order valence-corrected chi connectivity index (χ0v) is 10.3. The van der Waals surface area contributed by atoms with Crippen LogP contribution in [0, 0.1) is 21.7 Å². The molecular formula is C13H8F2N2O4. The molecule has 0 unspecified atom stereocenters. The predicted molar refractivity (Wildman–Crippen MR) is 69.7 cm³/mol. The number of carboxylic acid groups (broad SMARTS) is 1. The average Bonchev–Trinajstić information content (AvgIpc) is 2.42. The van der Waals surface area contributed by atoms with Crippen molar-refractivity contribution in [2.75, 3.05) is 5.32 Å². The molecule has 2 aromatic carbocycles. The molecule has 0 atom stereocenters. The van der Waals surface area contributed by atoms with Crippen LogP contribution in [0.2, 0.25) is 0 Å². The maximum atomic E-state index is 13.5. The zero-order chi connectivity index (χ0) is 15.6. The van der Waals surface area contributed by atoms with E-state index in [1.54, 1.807) is 0 Å². The van der Waals surface area contributed by atoms with E-state index in [-0.39, 0.29) is 16.9 Å². The van der Waals surface area contributed by atoms with E-state index in [0.29, 0.717) is 0 Å². The first kappa shape index (κ1) is 14.4. The zero-order valence-electron chi connectivity index (χ0n) is 10.3. The first-order valence-corrected chi connectivity index (χ1v) is 5.62. The van der Waals surface area contributed by atoms with E-state index in [1.807, 2.05) is 0 Å². The van der Waals surface area contributed by atoms with Crippen LogP contribution in [0.5, 0.6) is 0 Å². The number of halogens is 2. The molecule has 0 aliphatic rings. The molecule has 0 saturated carbocycles. The SMILES string of the molecule is O=C(O)c1ccc(Nc2cc(F)ccc2F)c([N+](=O)[O-])c1. The van der Waals surface area contributed by atoms with Gasteiger partial charge in [0, 0.05) is 12.1 Å². The van der Waals surface area contributed by atoms with Crippen molar-refractivity contribution < 1.29 is 23.6 Å². The Morgan fingerprint density at radius 1 is 1.14 bits per heavy atom. The minimum Gasteiger partial charge on any atom is -0.478 e. The van der Waals surface area contributed by atoms with E-state index in [0.717, 1.165) is 36.4 Å². The minimum atomic E-state index is -1.33. The highest BCUT2D eigenvalue weighted by molar-refractivity contribution is 5.90. The number of aromatic carboxylic acids is 1. The second kappa shape index (κ2) is 5.53. The van der Waals surface area contributed by atoms with Crippen molar-refractivity contribution in [3.8, 4) is 0 Å². The molecule has 2 aromatic rings. The van der Waals surface area contributed by atoms with Gasteiger partial charge in [-0.15, -0.1) is 0 Å². The number of anilines is 2. The number of nitro groups is 1. The quantitative estimate of drug-likeness (QED) is 0.666. The standard InChI is InChI=1S/C13H8F2N2O4/c14-8-2-3-9(15)11(6-8)16-10-4-1-7(13(18)19)5-12(10)17(20)21/h1-6,16H,(H,18,19). The molecule has 0 aliphatic carbocycles. The van der Waals surface area contributed by atoms with Gasteiger partial charge in [-0.05, 0) is 24.3 Å². The molecule has 21 heavy (non-hydrogen) atoms. The molecule has 0 bridgehead atoms. The number of rotatable bonds is 4. The fraction of sp³-hybridized carbons (Fsp3) is 0. The number of hydrogen-bond donors (Lipinski definition) is 2. The van der Waals surface area contributed by atoms with Gasteiger partial charge < -0.3 is 10.4 Å². The predicted octanol–water partition coefficient (Wildman–Crippen LogP) is 3.31. The molecule has 108 valence electrons. The van der Waals surface area contributed by atoms with Crippen molar-refractivity contribution >= 4 is 23.0 Å². The number of benzene rings is 2. The Morgan fingerprint density at radius 2 is 1.86 bits per heavy atom. The molecule has 0 aromatic heterocycles. The van der Waals surface area contributed by atoms with Crippen molar-refractivity contribution in [2.24, 2.45) is 0 Å². The van der Waals surface area contributed by atoms with E-state index in [9.17, 15) is 23.7 Å². The number of carboxylic acids is 1. The molecule has 8 heteroatoms. The normalized spacial score (nSPS) is 10.2. The maximum Gasteiger partial charge on any atom is 0.335 e. The monoisotopic (exact) mass is 294 g/mol. The van der Waals surface area contributed by atoms with Gasteiger partial charge >= 0.3 is 5.97 Å². The van der Waals surface area contributed by atoms with E-state index in [2.05, 4.69) is 5.32 Å². The summed E-state index contributed by atoms with van der Waals surface area (Å²) in [6, 6.07) is 5.68. The molecule has 2 N–H and O–H groups in total. The summed E-state index contributed by atoms with van der Waals surface area (Å²) in [4.78, 5) is 20.9. The van der Waals surface area contributed by atoms with Crippen molar-refractivity contribution in [2.45, 2.75) is 0 Å². The van der Waals surface area contributed by atoms with E-state index < -0.39 is 28.2 Å². The number of nitro benzene ring substituents is 1. The molecule has 0 amide bonds. The van der Waals surface area contributed by atoms with Crippen LogP contribution < -0.4 is 5.32 Å². The first-order valence-electron chi connectivity index (χ1n) is 5.62. The highest BCUT2D eigenvalue weighted by atomic mass is 19.1. The van der Waals surface area contributed by atoms with E-state index >= 15 is 0 Å². The Hall–Kier alpha value is -3.03. The van der Waals surface area contributed by atoms with Crippen LogP contribution in [-0.4, -0.2) is 16.0 Å². The smallest absolute Gasteiger partial charge is 0.335 e. The second-order valence-electron chi connectivity index (χ2n) is 4.04. The number of carbonyl (C=O) groups is 1. The molecule has 0 radical (unpaired) electrons. The fourth-order valence-corrected chi connectivity index (χ4v) is 1.66. The number of nitrogens with zero attached hydrogens (tertiary/aromatic N) is 1. The van der Waals surface area contributed by atoms with Crippen molar-refractivity contribution in [1.29, 1.82) is 0 Å². The number of nitrogens with one attached hydrogen (secondary N) is 1. The van der Waals surface area contributed by atoms with Gasteiger partial charge in [-0.25, -0.2) is 13.6 Å². The third-order valence-electron chi connectivity index (χ3n) is 2.64. The van der Waals surface area contributed by atoms with Crippen molar-refractivity contribution in [3.05, 3.63) is 63.7 Å². The van der Waals surface area contributed by atoms with E-state index in [4.69, 9.17) is 5.11 Å². The Morgan fingerprint density at radius 3 is 2.48 bits per heavy atom. The summed E-state index contributed by atoms with van der Waals surface area (Å²) in [5.74, 6) is -2.85. The maximum absolute atomic E-state index is 13.5. The van der Waals surface area contributed by atoms with Gasteiger partial charge in [0.15, 0.2) is 0 Å². The number of hydrogen-bond acceptors (Lipinski definition) is 4. The van der Waals surface area contributed by atoms with Gasteiger partial charge in [-0.1, -0.05) is 0 Å². The lowest BCUT2D eigenvalue weighted by molar-refractivity contribution is -0.383. The third-order valence-corrected chi connectivity index (χ3v) is 2.64. The van der Waals surface area contributed by atoms with Crippen molar-refractivity contribution in [3.63, 3.8) is 0 Å². The Kier molecular flexibility index (Phi) is 3.79. The molecule has 0 heterocycles. The molecule has 0 spiro atoms. The van der Waals surface area contributed by atoms with Gasteiger partial charge in [-0.2, -0.15) is 0 Å². The lowest BCUT2D eigenvalue weighted by Crippen LogP contribution is -2.02. The second-order valence-corrected chi connectivity index (χ2v) is 4.04. The topological polar surface area (TPSA) is 92.5 Å². The summed E-state index contributed by atoms with van der Waals surface area (Å²) in [6.07, 6.45) is 0. The molecule has 6 nitrogen and oxygen atoms in total. The molecule has 2 rings (SSSR count). The molecule has 0 aliphatic heterocycles. The lowest BCUT2D eigenvalue weighted by Gasteiger charge is -2.08. The van der Waals surface area contributed by atoms with Gasteiger partial charge in [-0.3, -0.25) is 10.1 Å². The van der Waals surface area contributed by atoms with Gasteiger partial charge in [0.1, 0.15) is 17.3 Å². The molecule has 0 saturated heterocycles. The Balaban J connectivity index is 2.46. The van der Waals surface area contributed by atoms with Crippen LogP contribution >= 0.6 is 0 Å². The Bertz CT molecular complexity index is 734. The first-order chi connectivity index (χ1) is 9.88. The van der Waals surface area contributed by atoms with Crippen LogP contribution in [0.25, 0.3) is 0 Å². The third kappa shape index (κ3) is 3.11. The summed E-state index contributed by atoms with van der Waals surface area (Å²) >= 11 is 0. The summed E-state index contributed by atoms with van der Waals surface area (Å²) in [5, 5.41) is 22.1. The highest BCUT2D eigenvalue weighted by Gasteiger charge is 2.18. The van der Waals surface area contributed by atoms with Crippen LogP contribution in [0.3, 0.4) is 0 Å². The van der Waals surface area contributed by atoms with Gasteiger partial charge in [0.05, 0.1) is 16.2 Å². The summed E-state index contributed by atoms with van der Waals surface area (Å²) in [5.41, 5.74) is -1.28. The summed E-state index contributed by atoms with van der Waals surface area (Å²) in [6.45, 7) is 0. The fourth-order valence-electron chi connectivity index (χ4n) is 1.66. The summed E-state index contributed by atoms with van der Waals surface area (Å²) < 4.78 is 26.6. The van der Waals surface area contributed by atoms with Crippen LogP contribution in [0.4, 0.5) is 25.8 Å². The highest BCUT2D eigenvalue weighted by Crippen LogP contribution is 2.30. The average molecular weight is 294 g/mol. The largest absolute Gasteiger partial charge is 0.478 e. The lowest BCUT2D eigenvalue weighted by atomic mass is 10.1. The van der Waals surface area contributed by atoms with E-state index in [1.165, 1.54) is 0 Å². The molecule has 0 fully saturated rings. The summed E-state index contributed by atoms with van der Waals surface area (Å²) in [7, 11) is 0. The van der Waals surface area contributed by atoms with Crippen LogP contribution in [-0.2, 0) is 0 Å². The minimum absolute atomic E-state index is 0.144. The van der Waals surface area contributed by atoms with Crippen molar-refractivity contribution in [1.82, 2.24) is 0 Å². The van der Waals surface area contributed by atoms with Gasteiger partial charge in [0.25, 0.3) is 5.69 Å². The van der Waals surface area contributed by atoms with Crippen LogP contribution in [0.15, 0.2) is 36.4 Å².